The molecule has 1 atom stereocenters. The number of rotatable bonds is 37. The van der Waals surface area contributed by atoms with E-state index in [9.17, 15) is 4.79 Å². The van der Waals surface area contributed by atoms with E-state index in [1.54, 1.807) is 0 Å². The van der Waals surface area contributed by atoms with Gasteiger partial charge in [-0.3, -0.25) is 0 Å². The smallest absolute Gasteiger partial charge is 0.343 e. The molecule has 4 nitrogen and oxygen atoms in total. The van der Waals surface area contributed by atoms with Gasteiger partial charge in [-0.1, -0.05) is 224 Å². The lowest BCUT2D eigenvalue weighted by atomic mass is 10.0. The Hall–Kier alpha value is -3.11. The van der Waals surface area contributed by atoms with Gasteiger partial charge in [-0.25, -0.2) is 4.79 Å². The van der Waals surface area contributed by atoms with Crippen LogP contribution in [0.4, 0.5) is 0 Å². The second kappa shape index (κ2) is 33.7. The van der Waals surface area contributed by atoms with Crippen LogP contribution in [0, 0.1) is 0 Å². The number of ether oxygens (including phenoxy) is 3. The number of carbonyl (C=O) groups excluding carboxylic acids is 1. The third-order valence-electron chi connectivity index (χ3n) is 11.8. The van der Waals surface area contributed by atoms with Crippen molar-refractivity contribution in [2.24, 2.45) is 0 Å². The van der Waals surface area contributed by atoms with Gasteiger partial charge in [0.15, 0.2) is 0 Å². The Morgan fingerprint density at radius 1 is 0.414 bits per heavy atom. The van der Waals surface area contributed by atoms with Gasteiger partial charge < -0.3 is 14.2 Å². The zero-order chi connectivity index (χ0) is 41.1. The molecule has 0 spiro atoms. The van der Waals surface area contributed by atoms with Crippen LogP contribution in [0.3, 0.4) is 0 Å². The van der Waals surface area contributed by atoms with E-state index in [0.29, 0.717) is 11.3 Å². The van der Waals surface area contributed by atoms with Crippen molar-refractivity contribution >= 4 is 5.97 Å². The maximum atomic E-state index is 12.9. The van der Waals surface area contributed by atoms with Crippen LogP contribution in [0.15, 0.2) is 72.8 Å². The molecule has 324 valence electrons. The highest BCUT2D eigenvalue weighted by atomic mass is 16.5. The van der Waals surface area contributed by atoms with E-state index in [1.807, 2.05) is 60.7 Å². The number of hydrogen-bond donors (Lipinski definition) is 0. The van der Waals surface area contributed by atoms with E-state index in [0.717, 1.165) is 48.5 Å². The van der Waals surface area contributed by atoms with Crippen molar-refractivity contribution in [3.05, 3.63) is 83.9 Å². The second-order valence-corrected chi connectivity index (χ2v) is 17.0. The third-order valence-corrected chi connectivity index (χ3v) is 11.8. The van der Waals surface area contributed by atoms with Gasteiger partial charge in [-0.15, -0.1) is 0 Å². The zero-order valence-electron chi connectivity index (χ0n) is 37.6. The second-order valence-electron chi connectivity index (χ2n) is 17.0. The number of esters is 1. The lowest BCUT2D eigenvalue weighted by Crippen LogP contribution is -2.09. The van der Waals surface area contributed by atoms with Gasteiger partial charge in [-0.05, 0) is 72.9 Å². The number of carbonyl (C=O) groups is 1. The van der Waals surface area contributed by atoms with E-state index in [4.69, 9.17) is 14.2 Å². The molecule has 0 aliphatic heterocycles. The Balaban J connectivity index is 1.20. The van der Waals surface area contributed by atoms with Crippen LogP contribution < -0.4 is 9.47 Å². The molecule has 0 heterocycles. The minimum atomic E-state index is -0.356. The summed E-state index contributed by atoms with van der Waals surface area (Å²) in [5.41, 5.74) is 3.79. The molecule has 0 aliphatic carbocycles. The maximum Gasteiger partial charge on any atom is 0.343 e. The molecular formula is C54H84O4. The molecule has 0 fully saturated rings. The van der Waals surface area contributed by atoms with Crippen molar-refractivity contribution in [1.82, 2.24) is 0 Å². The van der Waals surface area contributed by atoms with E-state index < -0.39 is 0 Å². The van der Waals surface area contributed by atoms with Gasteiger partial charge in [0.05, 0.1) is 18.3 Å². The SMILES string of the molecule is CCCCCCCCCCCCCCCCCCOC(C)c1ccc(C(=O)Oc2ccc(-c3ccc(OCCCCCCCCCCCCCCC)cc3)cc2)cc1. The quantitative estimate of drug-likeness (QED) is 0.0331. The number of hydrogen-bond acceptors (Lipinski definition) is 4. The summed E-state index contributed by atoms with van der Waals surface area (Å²) in [6.07, 6.45) is 39.6. The summed E-state index contributed by atoms with van der Waals surface area (Å²) in [6.45, 7) is 8.20. The fraction of sp³-hybridized carbons (Fsp3) is 0.648. The molecule has 0 N–H and O–H groups in total. The summed E-state index contributed by atoms with van der Waals surface area (Å²) < 4.78 is 17.8. The molecule has 58 heavy (non-hydrogen) atoms. The number of unbranched alkanes of at least 4 members (excludes halogenated alkanes) is 27. The molecule has 1 unspecified atom stereocenters. The summed E-state index contributed by atoms with van der Waals surface area (Å²) in [5.74, 6) is 1.09. The summed E-state index contributed by atoms with van der Waals surface area (Å²) in [5, 5.41) is 0. The van der Waals surface area contributed by atoms with Crippen LogP contribution in [0.25, 0.3) is 11.1 Å². The first-order valence-corrected chi connectivity index (χ1v) is 24.4. The van der Waals surface area contributed by atoms with Crippen molar-refractivity contribution in [2.45, 2.75) is 213 Å². The van der Waals surface area contributed by atoms with Gasteiger partial charge in [0.2, 0.25) is 0 Å². The molecule has 4 heteroatoms. The Morgan fingerprint density at radius 2 is 0.759 bits per heavy atom. The zero-order valence-corrected chi connectivity index (χ0v) is 37.6. The Kier molecular flexibility index (Phi) is 28.6. The van der Waals surface area contributed by atoms with Crippen molar-refractivity contribution in [3.8, 4) is 22.6 Å². The van der Waals surface area contributed by atoms with E-state index in [-0.39, 0.29) is 12.1 Å². The molecule has 3 aromatic rings. The summed E-state index contributed by atoms with van der Waals surface area (Å²) in [6, 6.07) is 23.6. The first-order chi connectivity index (χ1) is 28.6. The molecule has 3 aromatic carbocycles. The van der Waals surface area contributed by atoms with Crippen molar-refractivity contribution in [1.29, 1.82) is 0 Å². The van der Waals surface area contributed by atoms with Gasteiger partial charge in [0.25, 0.3) is 0 Å². The first kappa shape index (κ1) is 49.3. The van der Waals surface area contributed by atoms with Crippen molar-refractivity contribution < 1.29 is 19.0 Å². The van der Waals surface area contributed by atoms with Crippen LogP contribution in [0.2, 0.25) is 0 Å². The lowest BCUT2D eigenvalue weighted by Gasteiger charge is -2.14. The molecule has 0 saturated carbocycles. The molecular weight excluding hydrogens is 713 g/mol. The largest absolute Gasteiger partial charge is 0.494 e. The van der Waals surface area contributed by atoms with Crippen LogP contribution in [-0.4, -0.2) is 19.2 Å². The monoisotopic (exact) mass is 797 g/mol. The van der Waals surface area contributed by atoms with Gasteiger partial charge in [0, 0.05) is 6.61 Å². The minimum absolute atomic E-state index is 0.00125. The van der Waals surface area contributed by atoms with E-state index >= 15 is 0 Å². The highest BCUT2D eigenvalue weighted by Crippen LogP contribution is 2.26. The van der Waals surface area contributed by atoms with Crippen LogP contribution in [0.5, 0.6) is 11.5 Å². The van der Waals surface area contributed by atoms with Crippen molar-refractivity contribution in [2.75, 3.05) is 13.2 Å². The van der Waals surface area contributed by atoms with Gasteiger partial charge >= 0.3 is 5.97 Å². The van der Waals surface area contributed by atoms with Gasteiger partial charge in [-0.2, -0.15) is 0 Å². The Labute approximate surface area is 356 Å². The van der Waals surface area contributed by atoms with Crippen LogP contribution in [-0.2, 0) is 4.74 Å². The lowest BCUT2D eigenvalue weighted by molar-refractivity contribution is 0.0626. The third kappa shape index (κ3) is 23.5. The molecule has 3 rings (SSSR count). The normalized spacial score (nSPS) is 11.8. The molecule has 0 bridgehead atoms. The maximum absolute atomic E-state index is 12.9. The summed E-state index contributed by atoms with van der Waals surface area (Å²) in [7, 11) is 0. The average molecular weight is 797 g/mol. The predicted molar refractivity (Wildman–Crippen MR) is 248 cm³/mol. The standard InChI is InChI=1S/C54H84O4/c1-4-6-8-10-12-14-16-18-19-20-22-23-25-27-29-31-45-56-47(3)48-33-35-51(36-34-48)54(55)58-53-43-39-50(40-44-53)49-37-41-52(42-38-49)57-46-32-30-28-26-24-21-17-15-13-11-9-7-5-2/h33-44,47H,4-32,45-46H2,1-3H3. The predicted octanol–water partition coefficient (Wildman–Crippen LogP) is 17.4. The minimum Gasteiger partial charge on any atom is -0.494 e. The molecule has 0 aliphatic rings. The average Bonchev–Trinajstić information content (AvgIpc) is 3.25. The Bertz CT molecular complexity index is 1380. The highest BCUT2D eigenvalue weighted by Gasteiger charge is 2.12. The molecule has 0 saturated heterocycles. The molecule has 0 amide bonds. The van der Waals surface area contributed by atoms with E-state index in [1.165, 1.54) is 173 Å². The van der Waals surface area contributed by atoms with Crippen LogP contribution in [0.1, 0.15) is 229 Å². The number of benzene rings is 3. The fourth-order valence-corrected chi connectivity index (χ4v) is 7.83. The summed E-state index contributed by atoms with van der Waals surface area (Å²) in [4.78, 5) is 12.9. The first-order valence-electron chi connectivity index (χ1n) is 24.4. The fourth-order valence-electron chi connectivity index (χ4n) is 7.83. The topological polar surface area (TPSA) is 44.8 Å². The van der Waals surface area contributed by atoms with Gasteiger partial charge in [0.1, 0.15) is 11.5 Å². The van der Waals surface area contributed by atoms with E-state index in [2.05, 4.69) is 32.9 Å². The summed E-state index contributed by atoms with van der Waals surface area (Å²) >= 11 is 0. The van der Waals surface area contributed by atoms with Crippen LogP contribution >= 0.6 is 0 Å². The van der Waals surface area contributed by atoms with Crippen molar-refractivity contribution in [3.63, 3.8) is 0 Å². The molecule has 0 aromatic heterocycles. The Morgan fingerprint density at radius 3 is 1.16 bits per heavy atom. The highest BCUT2D eigenvalue weighted by molar-refractivity contribution is 5.91. The molecule has 0 radical (unpaired) electrons.